The van der Waals surface area contributed by atoms with Crippen molar-refractivity contribution in [2.45, 2.75) is 12.8 Å². The Bertz CT molecular complexity index is 112. The summed E-state index contributed by atoms with van der Waals surface area (Å²) in [5.41, 5.74) is 0. The molecule has 0 radical (unpaired) electrons. The second kappa shape index (κ2) is 1.53. The van der Waals surface area contributed by atoms with Crippen LogP contribution in [-0.4, -0.2) is 0 Å². The maximum absolute atomic E-state index is 2.86. The second-order valence-electron chi connectivity index (χ2n) is 1.06. The van der Waals surface area contributed by atoms with E-state index in [9.17, 15) is 0 Å². The van der Waals surface area contributed by atoms with Crippen molar-refractivity contribution < 1.29 is 0 Å². The Hall–Kier alpha value is -0.880. The smallest absolute Gasteiger partial charge is 0.0703 e. The monoisotopic (exact) mass is 76.0 g/mol. The molecule has 0 heteroatoms. The van der Waals surface area contributed by atoms with E-state index < -0.39 is 0 Å². The molecule has 0 fully saturated rings. The van der Waals surface area contributed by atoms with Crippen LogP contribution in [0.1, 0.15) is 12.8 Å². The molecule has 0 nitrogen and oxygen atoms in total. The zero-order valence-electron chi connectivity index (χ0n) is 3.41. The summed E-state index contributed by atoms with van der Waals surface area (Å²) in [6, 6.07) is 0. The van der Waals surface area contributed by atoms with Gasteiger partial charge in [-0.15, -0.1) is 0 Å². The highest BCUT2D eigenvalue weighted by molar-refractivity contribution is 5.21. The minimum Gasteiger partial charge on any atom is -0.0892 e. The van der Waals surface area contributed by atoms with Crippen LogP contribution < -0.4 is 0 Å². The Morgan fingerprint density at radius 1 is 0.667 bits per heavy atom. The second-order valence-corrected chi connectivity index (χ2v) is 1.06. The van der Waals surface area contributed by atoms with Crippen molar-refractivity contribution in [1.29, 1.82) is 0 Å². The van der Waals surface area contributed by atoms with E-state index in [0.29, 0.717) is 0 Å². The first-order valence-electron chi connectivity index (χ1n) is 1.91. The maximum atomic E-state index is 2.86. The van der Waals surface area contributed by atoms with Crippen LogP contribution in [-0.2, 0) is 0 Å². The van der Waals surface area contributed by atoms with Gasteiger partial charge in [0.05, 0.1) is 12.8 Å². The van der Waals surface area contributed by atoms with Gasteiger partial charge in [-0.25, -0.2) is 0 Å². The summed E-state index contributed by atoms with van der Waals surface area (Å²) < 4.78 is 0. The average molecular weight is 76.1 g/mol. The van der Waals surface area contributed by atoms with E-state index in [0.717, 1.165) is 12.8 Å². The summed E-state index contributed by atoms with van der Waals surface area (Å²) in [6.07, 6.45) is 1.56. The van der Waals surface area contributed by atoms with Crippen molar-refractivity contribution in [3.63, 3.8) is 0 Å². The quantitative estimate of drug-likeness (QED) is 0.374. The lowest BCUT2D eigenvalue weighted by molar-refractivity contribution is 1.44. The molecule has 1 aliphatic carbocycles. The fourth-order valence-electron chi connectivity index (χ4n) is 0.338. The molecule has 1 rings (SSSR count). The molecule has 0 bridgehead atoms. The molecule has 0 unspecified atom stereocenters. The van der Waals surface area contributed by atoms with Crippen molar-refractivity contribution in [3.05, 3.63) is 0 Å². The van der Waals surface area contributed by atoms with Crippen molar-refractivity contribution in [2.75, 3.05) is 0 Å². The van der Waals surface area contributed by atoms with Gasteiger partial charge in [0.25, 0.3) is 0 Å². The summed E-state index contributed by atoms with van der Waals surface area (Å²) in [4.78, 5) is 0. The van der Waals surface area contributed by atoms with Crippen LogP contribution >= 0.6 is 0 Å². The zero-order valence-corrected chi connectivity index (χ0v) is 3.41. The topological polar surface area (TPSA) is 0 Å². The highest BCUT2D eigenvalue weighted by Crippen LogP contribution is 1.80. The summed E-state index contributed by atoms with van der Waals surface area (Å²) in [7, 11) is 0. The summed E-state index contributed by atoms with van der Waals surface area (Å²) in [5.74, 6) is 11.4. The Balaban J connectivity index is 2.57. The van der Waals surface area contributed by atoms with Crippen molar-refractivity contribution in [3.8, 4) is 23.7 Å². The highest BCUT2D eigenvalue weighted by Gasteiger charge is 1.71. The van der Waals surface area contributed by atoms with Gasteiger partial charge in [0, 0.05) is 0 Å². The third-order valence-corrected chi connectivity index (χ3v) is 0.604. The average Bonchev–Trinajstić information content (AvgIpc) is 1.72. The molecule has 1 aliphatic rings. The van der Waals surface area contributed by atoms with Crippen LogP contribution in [0.4, 0.5) is 0 Å². The van der Waals surface area contributed by atoms with Crippen molar-refractivity contribution >= 4 is 0 Å². The molecule has 0 heterocycles. The molecule has 0 spiro atoms. The molecule has 6 heavy (non-hydrogen) atoms. The number of rotatable bonds is 0. The first kappa shape index (κ1) is 3.32. The summed E-state index contributed by atoms with van der Waals surface area (Å²) in [6.45, 7) is 0. The molecule has 0 aromatic heterocycles. The van der Waals surface area contributed by atoms with Gasteiger partial charge in [-0.2, -0.15) is 0 Å². The summed E-state index contributed by atoms with van der Waals surface area (Å²) in [5, 5.41) is 0. The van der Waals surface area contributed by atoms with Crippen LogP contribution in [0.3, 0.4) is 0 Å². The van der Waals surface area contributed by atoms with E-state index in [1.165, 1.54) is 0 Å². The Morgan fingerprint density at radius 3 is 1.17 bits per heavy atom. The van der Waals surface area contributed by atoms with Crippen LogP contribution in [0.15, 0.2) is 0 Å². The van der Waals surface area contributed by atoms with Crippen molar-refractivity contribution in [2.24, 2.45) is 0 Å². The Morgan fingerprint density at radius 2 is 1.00 bits per heavy atom. The van der Waals surface area contributed by atoms with E-state index in [1.54, 1.807) is 0 Å². The molecule has 0 amide bonds. The summed E-state index contributed by atoms with van der Waals surface area (Å²) >= 11 is 0. The molecule has 0 aromatic carbocycles. The van der Waals surface area contributed by atoms with Crippen LogP contribution in [0.25, 0.3) is 0 Å². The normalized spacial score (nSPS) is 13.3. The van der Waals surface area contributed by atoms with Gasteiger partial charge in [0.2, 0.25) is 0 Å². The first-order chi connectivity index (χ1) is 3.00. The predicted octanol–water partition coefficient (Wildman–Crippen LogP) is 0.787. The molecular weight excluding hydrogens is 72.1 g/mol. The third-order valence-electron chi connectivity index (χ3n) is 0.604. The predicted molar refractivity (Wildman–Crippen MR) is 24.8 cm³/mol. The number of hydrogen-bond donors (Lipinski definition) is 0. The van der Waals surface area contributed by atoms with Crippen LogP contribution in [0.2, 0.25) is 0 Å². The molecule has 0 aromatic rings. The largest absolute Gasteiger partial charge is 0.0892 e. The molecule has 0 atom stereocenters. The molecule has 0 aliphatic heterocycles. The van der Waals surface area contributed by atoms with Crippen molar-refractivity contribution in [1.82, 2.24) is 0 Å². The van der Waals surface area contributed by atoms with E-state index in [1.807, 2.05) is 0 Å². The number of hydrogen-bond acceptors (Lipinski definition) is 0. The Kier molecular flexibility index (Phi) is 0.845. The molecule has 0 N–H and O–H groups in total. The van der Waals surface area contributed by atoms with Crippen LogP contribution in [0.5, 0.6) is 0 Å². The van der Waals surface area contributed by atoms with Gasteiger partial charge in [0.15, 0.2) is 0 Å². The molecule has 0 saturated carbocycles. The fourth-order valence-corrected chi connectivity index (χ4v) is 0.338. The van der Waals surface area contributed by atoms with Gasteiger partial charge in [0.1, 0.15) is 0 Å². The highest BCUT2D eigenvalue weighted by atomic mass is 13.7. The van der Waals surface area contributed by atoms with Crippen LogP contribution in [0, 0.1) is 23.7 Å². The Labute approximate surface area is 37.6 Å². The minimum atomic E-state index is 0.778. The third kappa shape index (κ3) is 0.535. The lowest BCUT2D eigenvalue weighted by Crippen LogP contribution is -1.67. The van der Waals surface area contributed by atoms with Gasteiger partial charge in [-0.1, -0.05) is 23.7 Å². The van der Waals surface area contributed by atoms with Gasteiger partial charge < -0.3 is 0 Å². The standard InChI is InChI=1S/C6H4/c1-2-4-6-5-3-1/h1,6H2. The lowest BCUT2D eigenvalue weighted by Gasteiger charge is -1.76. The van der Waals surface area contributed by atoms with Gasteiger partial charge in [-0.05, 0) is 0 Å². The molecular formula is C6H4. The zero-order chi connectivity index (χ0) is 4.24. The maximum Gasteiger partial charge on any atom is 0.0703 e. The van der Waals surface area contributed by atoms with E-state index in [-0.39, 0.29) is 0 Å². The molecule has 28 valence electrons. The lowest BCUT2D eigenvalue weighted by atomic mass is 10.3. The fraction of sp³-hybridized carbons (Fsp3) is 0.333. The SMILES string of the molecule is C1#CCC#CC1. The minimum absolute atomic E-state index is 0.778. The van der Waals surface area contributed by atoms with E-state index in [2.05, 4.69) is 23.7 Å². The molecule has 0 saturated heterocycles. The van der Waals surface area contributed by atoms with E-state index >= 15 is 0 Å². The first-order valence-corrected chi connectivity index (χ1v) is 1.91. The van der Waals surface area contributed by atoms with E-state index in [4.69, 9.17) is 0 Å². The van der Waals surface area contributed by atoms with Gasteiger partial charge >= 0.3 is 0 Å². The van der Waals surface area contributed by atoms with Gasteiger partial charge in [-0.3, -0.25) is 0 Å².